The summed E-state index contributed by atoms with van der Waals surface area (Å²) in [5.74, 6) is 6.54. The van der Waals surface area contributed by atoms with E-state index in [-0.39, 0.29) is 17.0 Å². The number of anilines is 1. The lowest BCUT2D eigenvalue weighted by Gasteiger charge is -2.19. The van der Waals surface area contributed by atoms with Crippen LogP contribution in [0.15, 0.2) is 52.4 Å². The first kappa shape index (κ1) is 21.7. The maximum atomic E-state index is 12.7. The molecule has 2 aromatic carbocycles. The quantitative estimate of drug-likeness (QED) is 0.272. The van der Waals surface area contributed by atoms with Gasteiger partial charge in [0.05, 0.1) is 16.3 Å². The van der Waals surface area contributed by atoms with E-state index in [9.17, 15) is 9.59 Å². The minimum atomic E-state index is -0.474. The van der Waals surface area contributed by atoms with Gasteiger partial charge in [-0.25, -0.2) is 9.47 Å². The number of hydrogen-bond donors (Lipinski definition) is 4. The second kappa shape index (κ2) is 8.19. The van der Waals surface area contributed by atoms with Crippen molar-refractivity contribution in [2.24, 2.45) is 0 Å². The Labute approximate surface area is 188 Å². The van der Waals surface area contributed by atoms with Crippen LogP contribution in [-0.4, -0.2) is 36.0 Å². The second-order valence-corrected chi connectivity index (χ2v) is 9.90. The average Bonchev–Trinajstić information content (AvgIpc) is 3.28. The highest BCUT2D eigenvalue weighted by molar-refractivity contribution is 8.00. The van der Waals surface area contributed by atoms with Gasteiger partial charge in [0, 0.05) is 11.3 Å². The fourth-order valence-electron chi connectivity index (χ4n) is 3.24. The van der Waals surface area contributed by atoms with Crippen LogP contribution in [0.2, 0.25) is 0 Å². The van der Waals surface area contributed by atoms with Crippen molar-refractivity contribution in [1.82, 2.24) is 24.8 Å². The maximum absolute atomic E-state index is 12.7. The molecular formula is C22H25N7O2S. The van der Waals surface area contributed by atoms with Crippen LogP contribution in [0.5, 0.6) is 0 Å². The van der Waals surface area contributed by atoms with E-state index in [0.717, 1.165) is 5.56 Å². The van der Waals surface area contributed by atoms with Crippen molar-refractivity contribution in [2.45, 2.75) is 43.5 Å². The zero-order chi connectivity index (χ0) is 23.0. The third kappa shape index (κ3) is 4.40. The molecule has 1 amide bonds. The summed E-state index contributed by atoms with van der Waals surface area (Å²) in [6, 6.07) is 13.2. The first-order valence-corrected chi connectivity index (χ1v) is 11.0. The van der Waals surface area contributed by atoms with Crippen molar-refractivity contribution >= 4 is 34.4 Å². The first-order valence-electron chi connectivity index (χ1n) is 10.1. The van der Waals surface area contributed by atoms with Crippen LogP contribution in [-0.2, 0) is 10.2 Å². The molecule has 4 aromatic rings. The smallest absolute Gasteiger partial charge is 0.323 e. The lowest BCUT2D eigenvalue weighted by atomic mass is 9.87. The molecule has 0 aliphatic rings. The summed E-state index contributed by atoms with van der Waals surface area (Å²) in [4.78, 5) is 29.4. The van der Waals surface area contributed by atoms with E-state index in [1.165, 1.54) is 22.0 Å². The molecule has 32 heavy (non-hydrogen) atoms. The molecule has 1 atom stereocenters. The van der Waals surface area contributed by atoms with E-state index in [0.29, 0.717) is 27.7 Å². The predicted molar refractivity (Wildman–Crippen MR) is 127 cm³/mol. The molecule has 0 spiro atoms. The Hall–Kier alpha value is -3.53. The van der Waals surface area contributed by atoms with Gasteiger partial charge in [-0.05, 0) is 36.1 Å². The number of rotatable bonds is 5. The largest absolute Gasteiger partial charge is 0.335 e. The van der Waals surface area contributed by atoms with Crippen LogP contribution in [0.25, 0.3) is 22.4 Å². The number of nitrogens with zero attached hydrogens (tertiary/aromatic N) is 3. The number of amides is 1. The molecule has 0 aliphatic heterocycles. The van der Waals surface area contributed by atoms with Crippen LogP contribution in [0.3, 0.4) is 0 Å². The number of hydrogen-bond acceptors (Lipinski definition) is 6. The molecule has 0 saturated heterocycles. The Morgan fingerprint density at radius 2 is 1.78 bits per heavy atom. The molecule has 0 bridgehead atoms. The third-order valence-corrected chi connectivity index (χ3v) is 6.17. The van der Waals surface area contributed by atoms with Gasteiger partial charge in [0.2, 0.25) is 11.1 Å². The molecule has 4 rings (SSSR count). The molecule has 166 valence electrons. The molecule has 2 heterocycles. The lowest BCUT2D eigenvalue weighted by molar-refractivity contribution is -0.115. The van der Waals surface area contributed by atoms with E-state index >= 15 is 0 Å². The SMILES string of the molecule is CC(Sc1nnc(-c2ccc(C(C)(C)C)cc2)n1N)C(=O)Nc1ccc2[nH]c(=O)[nH]c2c1. The Morgan fingerprint density at radius 3 is 2.47 bits per heavy atom. The Morgan fingerprint density at radius 1 is 1.09 bits per heavy atom. The second-order valence-electron chi connectivity index (χ2n) is 8.59. The summed E-state index contributed by atoms with van der Waals surface area (Å²) in [7, 11) is 0. The summed E-state index contributed by atoms with van der Waals surface area (Å²) in [6.45, 7) is 8.24. The first-order chi connectivity index (χ1) is 15.1. The number of fused-ring (bicyclic) bond motifs is 1. The van der Waals surface area contributed by atoms with Gasteiger partial charge in [-0.2, -0.15) is 0 Å². The molecule has 1 unspecified atom stereocenters. The molecule has 10 heteroatoms. The Kier molecular flexibility index (Phi) is 5.55. The normalized spacial score (nSPS) is 12.8. The monoisotopic (exact) mass is 451 g/mol. The fourth-order valence-corrected chi connectivity index (χ4v) is 4.01. The van der Waals surface area contributed by atoms with Crippen molar-refractivity contribution in [2.75, 3.05) is 11.2 Å². The number of nitrogens with two attached hydrogens (primary N) is 1. The van der Waals surface area contributed by atoms with E-state index in [1.54, 1.807) is 25.1 Å². The molecular weight excluding hydrogens is 426 g/mol. The molecule has 0 aliphatic carbocycles. The molecule has 0 fully saturated rings. The lowest BCUT2D eigenvalue weighted by Crippen LogP contribution is -2.23. The third-order valence-electron chi connectivity index (χ3n) is 5.11. The Balaban J connectivity index is 1.46. The number of benzene rings is 2. The van der Waals surface area contributed by atoms with Gasteiger partial charge in [0.15, 0.2) is 5.82 Å². The van der Waals surface area contributed by atoms with E-state index < -0.39 is 5.25 Å². The van der Waals surface area contributed by atoms with Crippen LogP contribution >= 0.6 is 11.8 Å². The summed E-state index contributed by atoms with van der Waals surface area (Å²) in [5, 5.41) is 11.2. The zero-order valence-electron chi connectivity index (χ0n) is 18.3. The van der Waals surface area contributed by atoms with Crippen molar-refractivity contribution in [3.05, 3.63) is 58.5 Å². The number of nitrogen functional groups attached to an aromatic ring is 1. The standard InChI is InChI=1S/C22H25N7O2S/c1-12(19(30)24-15-9-10-16-17(11-15)26-20(31)25-16)32-21-28-27-18(29(21)23)13-5-7-14(8-6-13)22(2,3)4/h5-12H,23H2,1-4H3,(H,24,30)(H2,25,26,31). The minimum absolute atomic E-state index is 0.0552. The number of thioether (sulfide) groups is 1. The minimum Gasteiger partial charge on any atom is -0.335 e. The fraction of sp³-hybridized carbons (Fsp3) is 0.273. The van der Waals surface area contributed by atoms with Gasteiger partial charge in [-0.15, -0.1) is 10.2 Å². The zero-order valence-corrected chi connectivity index (χ0v) is 19.1. The molecule has 0 radical (unpaired) electrons. The number of carbonyl (C=O) groups is 1. The van der Waals surface area contributed by atoms with Gasteiger partial charge in [-0.1, -0.05) is 56.8 Å². The van der Waals surface area contributed by atoms with E-state index in [2.05, 4.69) is 58.4 Å². The van der Waals surface area contributed by atoms with Crippen molar-refractivity contribution < 1.29 is 4.79 Å². The average molecular weight is 452 g/mol. The summed E-state index contributed by atoms with van der Waals surface area (Å²) in [6.07, 6.45) is 0. The van der Waals surface area contributed by atoms with Crippen LogP contribution in [0.4, 0.5) is 5.69 Å². The highest BCUT2D eigenvalue weighted by Gasteiger charge is 2.21. The maximum Gasteiger partial charge on any atom is 0.323 e. The molecule has 2 aromatic heterocycles. The summed E-state index contributed by atoms with van der Waals surface area (Å²) < 4.78 is 1.40. The number of aromatic amines is 2. The van der Waals surface area contributed by atoms with Crippen LogP contribution in [0.1, 0.15) is 33.3 Å². The molecule has 0 saturated carbocycles. The summed E-state index contributed by atoms with van der Waals surface area (Å²) >= 11 is 1.22. The van der Waals surface area contributed by atoms with E-state index in [4.69, 9.17) is 5.84 Å². The molecule has 9 nitrogen and oxygen atoms in total. The van der Waals surface area contributed by atoms with Gasteiger partial charge >= 0.3 is 5.69 Å². The highest BCUT2D eigenvalue weighted by atomic mass is 32.2. The number of imidazole rings is 1. The Bertz CT molecular complexity index is 1330. The number of aromatic nitrogens is 5. The molecule has 5 N–H and O–H groups in total. The summed E-state index contributed by atoms with van der Waals surface area (Å²) in [5.41, 5.74) is 3.71. The topological polar surface area (TPSA) is 134 Å². The van der Waals surface area contributed by atoms with Crippen molar-refractivity contribution in [1.29, 1.82) is 0 Å². The van der Waals surface area contributed by atoms with Gasteiger partial charge in [-0.3, -0.25) is 4.79 Å². The van der Waals surface area contributed by atoms with Crippen LogP contribution in [0, 0.1) is 0 Å². The highest BCUT2D eigenvalue weighted by Crippen LogP contribution is 2.28. The number of nitrogens with one attached hydrogen (secondary N) is 3. The van der Waals surface area contributed by atoms with Gasteiger partial charge in [0.25, 0.3) is 0 Å². The van der Waals surface area contributed by atoms with Crippen LogP contribution < -0.4 is 16.8 Å². The van der Waals surface area contributed by atoms with Crippen molar-refractivity contribution in [3.8, 4) is 11.4 Å². The van der Waals surface area contributed by atoms with E-state index in [1.807, 2.05) is 12.1 Å². The van der Waals surface area contributed by atoms with Crippen molar-refractivity contribution in [3.63, 3.8) is 0 Å². The number of H-pyrrole nitrogens is 2. The predicted octanol–water partition coefficient (Wildman–Crippen LogP) is 3.25. The van der Waals surface area contributed by atoms with Gasteiger partial charge in [0.1, 0.15) is 0 Å². The number of carbonyl (C=O) groups excluding carboxylic acids is 1. The van der Waals surface area contributed by atoms with Gasteiger partial charge < -0.3 is 21.1 Å².